The molecule has 19 heavy (non-hydrogen) atoms. The largest absolute Gasteiger partial charge is 0.365 e. The third kappa shape index (κ3) is 2.57. The van der Waals surface area contributed by atoms with Crippen molar-refractivity contribution in [2.45, 2.75) is 12.6 Å². The summed E-state index contributed by atoms with van der Waals surface area (Å²) in [5.74, 6) is 0. The van der Waals surface area contributed by atoms with E-state index in [1.165, 1.54) is 11.3 Å². The average molecular weight is 293 g/mol. The molecule has 98 valence electrons. The fourth-order valence-electron chi connectivity index (χ4n) is 2.50. The van der Waals surface area contributed by atoms with Crippen LogP contribution >= 0.6 is 23.2 Å². The molecule has 0 amide bonds. The molecule has 3 rings (SSSR count). The number of benzene rings is 2. The van der Waals surface area contributed by atoms with Gasteiger partial charge in [0.25, 0.3) is 0 Å². The van der Waals surface area contributed by atoms with Gasteiger partial charge in [-0.1, -0.05) is 35.3 Å². The fraction of sp³-hybridized carbons (Fsp3) is 0.200. The summed E-state index contributed by atoms with van der Waals surface area (Å²) in [5.41, 5.74) is 9.68. The van der Waals surface area contributed by atoms with Gasteiger partial charge < -0.3 is 10.6 Å². The fourth-order valence-corrected chi connectivity index (χ4v) is 2.81. The lowest BCUT2D eigenvalue weighted by Crippen LogP contribution is -2.23. The molecule has 2 nitrogen and oxygen atoms in total. The van der Waals surface area contributed by atoms with Gasteiger partial charge in [0.15, 0.2) is 0 Å². The molecule has 0 unspecified atom stereocenters. The van der Waals surface area contributed by atoms with Crippen LogP contribution in [0.1, 0.15) is 17.2 Å². The van der Waals surface area contributed by atoms with Gasteiger partial charge in [-0.15, -0.1) is 0 Å². The quantitative estimate of drug-likeness (QED) is 0.906. The minimum Gasteiger partial charge on any atom is -0.365 e. The van der Waals surface area contributed by atoms with Gasteiger partial charge in [-0.3, -0.25) is 0 Å². The Hall–Kier alpha value is -1.22. The first-order valence-electron chi connectivity index (χ1n) is 6.18. The maximum Gasteiger partial charge on any atom is 0.0494 e. The Morgan fingerprint density at radius 1 is 1.05 bits per heavy atom. The van der Waals surface area contributed by atoms with Gasteiger partial charge in [-0.05, 0) is 41.5 Å². The Labute approximate surface area is 122 Å². The number of halogens is 2. The van der Waals surface area contributed by atoms with Crippen LogP contribution in [-0.4, -0.2) is 6.54 Å². The van der Waals surface area contributed by atoms with Gasteiger partial charge >= 0.3 is 0 Å². The highest BCUT2D eigenvalue weighted by Crippen LogP contribution is 2.36. The van der Waals surface area contributed by atoms with Crippen molar-refractivity contribution >= 4 is 28.9 Å². The Morgan fingerprint density at radius 2 is 1.74 bits per heavy atom. The minimum atomic E-state index is 0.0287. The summed E-state index contributed by atoms with van der Waals surface area (Å²) in [6, 6.07) is 13.9. The van der Waals surface area contributed by atoms with Crippen LogP contribution < -0.4 is 10.6 Å². The number of hydrogen-bond donors (Lipinski definition) is 1. The van der Waals surface area contributed by atoms with Crippen molar-refractivity contribution in [3.8, 4) is 0 Å². The molecule has 2 aromatic rings. The van der Waals surface area contributed by atoms with Crippen LogP contribution in [0.15, 0.2) is 42.5 Å². The molecule has 0 spiro atoms. The number of hydrogen-bond acceptors (Lipinski definition) is 2. The van der Waals surface area contributed by atoms with Crippen LogP contribution in [-0.2, 0) is 6.54 Å². The average Bonchev–Trinajstić information content (AvgIpc) is 2.69. The van der Waals surface area contributed by atoms with Crippen molar-refractivity contribution < 1.29 is 0 Å². The van der Waals surface area contributed by atoms with Crippen LogP contribution in [0.4, 0.5) is 5.69 Å². The molecule has 0 aliphatic carbocycles. The zero-order chi connectivity index (χ0) is 13.4. The molecule has 1 atom stereocenters. The minimum absolute atomic E-state index is 0.0287. The third-order valence-corrected chi connectivity index (χ3v) is 3.92. The maximum absolute atomic E-state index is 6.16. The van der Waals surface area contributed by atoms with E-state index in [1.54, 1.807) is 0 Å². The van der Waals surface area contributed by atoms with Crippen molar-refractivity contribution in [2.24, 2.45) is 5.73 Å². The Balaban J connectivity index is 1.86. The summed E-state index contributed by atoms with van der Waals surface area (Å²) in [6.07, 6.45) is 0. The maximum atomic E-state index is 6.16. The summed E-state index contributed by atoms with van der Waals surface area (Å²) in [4.78, 5) is 2.28. The summed E-state index contributed by atoms with van der Waals surface area (Å²) in [5, 5.41) is 1.50. The molecule has 1 heterocycles. The van der Waals surface area contributed by atoms with E-state index in [9.17, 15) is 0 Å². The second-order valence-corrected chi connectivity index (χ2v) is 5.69. The summed E-state index contributed by atoms with van der Waals surface area (Å²) >= 11 is 11.9. The molecular weight excluding hydrogens is 279 g/mol. The van der Waals surface area contributed by atoms with Gasteiger partial charge in [0.05, 0.1) is 0 Å². The Morgan fingerprint density at radius 3 is 2.47 bits per heavy atom. The molecule has 1 aliphatic heterocycles. The van der Waals surface area contributed by atoms with Gasteiger partial charge in [-0.2, -0.15) is 0 Å². The Kier molecular flexibility index (Phi) is 3.40. The number of nitrogens with zero attached hydrogens (tertiary/aromatic N) is 1. The molecule has 1 aliphatic rings. The van der Waals surface area contributed by atoms with Gasteiger partial charge in [0.1, 0.15) is 0 Å². The second-order valence-electron chi connectivity index (χ2n) is 4.82. The van der Waals surface area contributed by atoms with E-state index >= 15 is 0 Å². The lowest BCUT2D eigenvalue weighted by Gasteiger charge is -2.19. The van der Waals surface area contributed by atoms with Crippen LogP contribution in [0.3, 0.4) is 0 Å². The van der Waals surface area contributed by atoms with Crippen LogP contribution in [0, 0.1) is 0 Å². The van der Waals surface area contributed by atoms with Gasteiger partial charge in [0.2, 0.25) is 0 Å². The molecule has 0 fully saturated rings. The zero-order valence-corrected chi connectivity index (χ0v) is 11.8. The van der Waals surface area contributed by atoms with Crippen molar-refractivity contribution in [3.05, 3.63) is 63.6 Å². The molecule has 4 heteroatoms. The first-order valence-corrected chi connectivity index (χ1v) is 6.93. The van der Waals surface area contributed by atoms with Crippen molar-refractivity contribution in [2.75, 3.05) is 11.4 Å². The van der Waals surface area contributed by atoms with Crippen LogP contribution in [0.25, 0.3) is 0 Å². The van der Waals surface area contributed by atoms with Gasteiger partial charge in [-0.25, -0.2) is 0 Å². The van der Waals surface area contributed by atoms with E-state index in [1.807, 2.05) is 42.5 Å². The molecule has 0 saturated heterocycles. The van der Waals surface area contributed by atoms with E-state index in [2.05, 4.69) is 4.90 Å². The van der Waals surface area contributed by atoms with Crippen LogP contribution in [0.2, 0.25) is 10.0 Å². The lowest BCUT2D eigenvalue weighted by molar-refractivity contribution is 0.720. The molecule has 2 N–H and O–H groups in total. The standard InChI is InChI=1S/C15H14Cl2N2/c16-11-3-1-10(2-4-11)8-19-9-14(18)13-7-12(17)5-6-15(13)19/h1-7,14H,8-9,18H2/t14-/m0/s1. The monoisotopic (exact) mass is 292 g/mol. The highest BCUT2D eigenvalue weighted by atomic mass is 35.5. The third-order valence-electron chi connectivity index (χ3n) is 3.43. The van der Waals surface area contributed by atoms with E-state index in [-0.39, 0.29) is 6.04 Å². The summed E-state index contributed by atoms with van der Waals surface area (Å²) in [6.45, 7) is 1.65. The summed E-state index contributed by atoms with van der Waals surface area (Å²) in [7, 11) is 0. The number of anilines is 1. The smallest absolute Gasteiger partial charge is 0.0494 e. The number of nitrogens with two attached hydrogens (primary N) is 1. The van der Waals surface area contributed by atoms with Crippen molar-refractivity contribution in [1.29, 1.82) is 0 Å². The molecular formula is C15H14Cl2N2. The van der Waals surface area contributed by atoms with Crippen molar-refractivity contribution in [3.63, 3.8) is 0 Å². The second kappa shape index (κ2) is 5.04. The number of rotatable bonds is 2. The molecule has 0 saturated carbocycles. The predicted molar refractivity (Wildman–Crippen MR) is 80.9 cm³/mol. The van der Waals surface area contributed by atoms with Gasteiger partial charge in [0, 0.05) is 34.9 Å². The van der Waals surface area contributed by atoms with Crippen LogP contribution in [0.5, 0.6) is 0 Å². The topological polar surface area (TPSA) is 29.3 Å². The molecule has 0 bridgehead atoms. The SMILES string of the molecule is N[C@H]1CN(Cc2ccc(Cl)cc2)c2ccc(Cl)cc21. The number of fused-ring (bicyclic) bond motifs is 1. The highest BCUT2D eigenvalue weighted by Gasteiger charge is 2.25. The van der Waals surface area contributed by atoms with E-state index in [0.717, 1.165) is 28.7 Å². The predicted octanol–water partition coefficient (Wildman–Crippen LogP) is 4.01. The van der Waals surface area contributed by atoms with Crippen molar-refractivity contribution in [1.82, 2.24) is 0 Å². The summed E-state index contributed by atoms with van der Waals surface area (Å²) < 4.78 is 0. The first-order chi connectivity index (χ1) is 9.13. The van der Waals surface area contributed by atoms with E-state index in [4.69, 9.17) is 28.9 Å². The molecule has 0 radical (unpaired) electrons. The highest BCUT2D eigenvalue weighted by molar-refractivity contribution is 6.31. The first kappa shape index (κ1) is 12.8. The molecule has 0 aromatic heterocycles. The zero-order valence-electron chi connectivity index (χ0n) is 10.3. The Bertz CT molecular complexity index is 596. The lowest BCUT2D eigenvalue weighted by atomic mass is 10.1. The molecule has 2 aromatic carbocycles. The van der Waals surface area contributed by atoms with E-state index in [0.29, 0.717) is 0 Å². The normalized spacial score (nSPS) is 17.6. The van der Waals surface area contributed by atoms with E-state index < -0.39 is 0 Å².